The number of halogens is 2. The fraction of sp³-hybridized carbons (Fsp3) is 0.273. The summed E-state index contributed by atoms with van der Waals surface area (Å²) in [4.78, 5) is 9.82. The van der Waals surface area contributed by atoms with Crippen molar-refractivity contribution in [2.24, 2.45) is 0 Å². The van der Waals surface area contributed by atoms with Crippen molar-refractivity contribution < 1.29 is 0 Å². The number of aromatic nitrogens is 2. The predicted molar refractivity (Wildman–Crippen MR) is 79.5 cm³/mol. The molecule has 0 saturated heterocycles. The Labute approximate surface area is 121 Å². The molecule has 0 amide bonds. The molecular formula is C11H11Br2N3S. The molecule has 1 N–H and O–H groups in total. The van der Waals surface area contributed by atoms with Crippen LogP contribution in [-0.4, -0.2) is 16.5 Å². The number of nitrogens with zero attached hydrogens (tertiary/aromatic N) is 2. The van der Waals surface area contributed by atoms with Gasteiger partial charge in [-0.25, -0.2) is 9.97 Å². The fourth-order valence-corrected chi connectivity index (χ4v) is 3.26. The minimum atomic E-state index is 0.752. The Kier molecular flexibility index (Phi) is 4.53. The summed E-state index contributed by atoms with van der Waals surface area (Å²) in [7, 11) is 0. The third-order valence-corrected chi connectivity index (χ3v) is 5.33. The van der Waals surface area contributed by atoms with Crippen LogP contribution in [0.15, 0.2) is 26.6 Å². The SMILES string of the molecule is CCCNc1ccnc(-c2cc(Br)c(Br)s2)n1. The molecule has 0 radical (unpaired) electrons. The van der Waals surface area contributed by atoms with E-state index in [9.17, 15) is 0 Å². The summed E-state index contributed by atoms with van der Waals surface area (Å²) in [6.07, 6.45) is 2.86. The second-order valence-electron chi connectivity index (χ2n) is 3.42. The normalized spacial score (nSPS) is 10.5. The van der Waals surface area contributed by atoms with E-state index in [0.717, 1.165) is 37.7 Å². The summed E-state index contributed by atoms with van der Waals surface area (Å²) in [6, 6.07) is 3.91. The maximum Gasteiger partial charge on any atom is 0.171 e. The Bertz CT molecular complexity index is 494. The van der Waals surface area contributed by atoms with Gasteiger partial charge in [0.2, 0.25) is 0 Å². The van der Waals surface area contributed by atoms with Crippen LogP contribution in [0, 0.1) is 0 Å². The van der Waals surface area contributed by atoms with Gasteiger partial charge in [-0.1, -0.05) is 6.92 Å². The molecule has 17 heavy (non-hydrogen) atoms. The first kappa shape index (κ1) is 13.0. The smallest absolute Gasteiger partial charge is 0.171 e. The zero-order valence-electron chi connectivity index (χ0n) is 9.20. The van der Waals surface area contributed by atoms with Gasteiger partial charge >= 0.3 is 0 Å². The van der Waals surface area contributed by atoms with Gasteiger partial charge in [0.05, 0.1) is 8.66 Å². The van der Waals surface area contributed by atoms with Gasteiger partial charge in [-0.3, -0.25) is 0 Å². The number of rotatable bonds is 4. The van der Waals surface area contributed by atoms with Crippen LogP contribution >= 0.6 is 43.2 Å². The monoisotopic (exact) mass is 375 g/mol. The first-order valence-electron chi connectivity index (χ1n) is 5.23. The highest BCUT2D eigenvalue weighted by Crippen LogP contribution is 2.36. The van der Waals surface area contributed by atoms with E-state index >= 15 is 0 Å². The van der Waals surface area contributed by atoms with Crippen LogP contribution in [0.5, 0.6) is 0 Å². The molecule has 0 unspecified atom stereocenters. The fourth-order valence-electron chi connectivity index (χ4n) is 1.29. The highest BCUT2D eigenvalue weighted by molar-refractivity contribution is 9.13. The number of nitrogens with one attached hydrogen (secondary N) is 1. The maximum atomic E-state index is 4.48. The summed E-state index contributed by atoms with van der Waals surface area (Å²) in [5, 5.41) is 3.26. The molecular weight excluding hydrogens is 366 g/mol. The molecule has 0 atom stereocenters. The predicted octanol–water partition coefficient (Wildman–Crippen LogP) is 4.55. The minimum Gasteiger partial charge on any atom is -0.370 e. The Morgan fingerprint density at radius 3 is 2.88 bits per heavy atom. The second kappa shape index (κ2) is 5.93. The molecule has 6 heteroatoms. The van der Waals surface area contributed by atoms with Gasteiger partial charge in [-0.15, -0.1) is 11.3 Å². The van der Waals surface area contributed by atoms with Crippen LogP contribution in [0.3, 0.4) is 0 Å². The quantitative estimate of drug-likeness (QED) is 0.850. The van der Waals surface area contributed by atoms with Crippen molar-refractivity contribution in [3.05, 3.63) is 26.6 Å². The summed E-state index contributed by atoms with van der Waals surface area (Å²) < 4.78 is 2.09. The van der Waals surface area contributed by atoms with Gasteiger partial charge < -0.3 is 5.32 Å². The Balaban J connectivity index is 2.26. The van der Waals surface area contributed by atoms with E-state index in [4.69, 9.17) is 0 Å². The van der Waals surface area contributed by atoms with Crippen molar-refractivity contribution in [3.8, 4) is 10.7 Å². The van der Waals surface area contributed by atoms with Crippen molar-refractivity contribution in [1.29, 1.82) is 0 Å². The van der Waals surface area contributed by atoms with E-state index in [1.54, 1.807) is 17.5 Å². The molecule has 0 aliphatic carbocycles. The molecule has 2 aromatic rings. The minimum absolute atomic E-state index is 0.752. The average Bonchev–Trinajstić information content (AvgIpc) is 2.68. The topological polar surface area (TPSA) is 37.8 Å². The standard InChI is InChI=1S/C11H11Br2N3S/c1-2-4-14-9-3-5-15-11(16-9)8-6-7(12)10(13)17-8/h3,5-6H,2,4H2,1H3,(H,14,15,16). The van der Waals surface area contributed by atoms with Crippen molar-refractivity contribution in [2.75, 3.05) is 11.9 Å². The lowest BCUT2D eigenvalue weighted by Crippen LogP contribution is -2.02. The van der Waals surface area contributed by atoms with E-state index < -0.39 is 0 Å². The van der Waals surface area contributed by atoms with Crippen molar-refractivity contribution >= 4 is 49.0 Å². The zero-order chi connectivity index (χ0) is 12.3. The van der Waals surface area contributed by atoms with Gasteiger partial charge in [0, 0.05) is 17.2 Å². The van der Waals surface area contributed by atoms with Crippen LogP contribution in [-0.2, 0) is 0 Å². The molecule has 0 saturated carbocycles. The average molecular weight is 377 g/mol. The van der Waals surface area contributed by atoms with Gasteiger partial charge in [-0.2, -0.15) is 0 Å². The molecule has 3 nitrogen and oxygen atoms in total. The third kappa shape index (κ3) is 3.26. The molecule has 0 bridgehead atoms. The molecule has 2 aromatic heterocycles. The highest BCUT2D eigenvalue weighted by Gasteiger charge is 2.09. The second-order valence-corrected chi connectivity index (χ2v) is 6.65. The van der Waals surface area contributed by atoms with Gasteiger partial charge in [0.15, 0.2) is 5.82 Å². The molecule has 0 aliphatic heterocycles. The van der Waals surface area contributed by atoms with Crippen LogP contribution < -0.4 is 5.32 Å². The number of thiophene rings is 1. The first-order valence-corrected chi connectivity index (χ1v) is 7.63. The van der Waals surface area contributed by atoms with E-state index in [0.29, 0.717) is 0 Å². The van der Waals surface area contributed by atoms with Crippen molar-refractivity contribution in [1.82, 2.24) is 9.97 Å². The van der Waals surface area contributed by atoms with Crippen molar-refractivity contribution in [3.63, 3.8) is 0 Å². The lowest BCUT2D eigenvalue weighted by Gasteiger charge is -2.04. The van der Waals surface area contributed by atoms with Crippen molar-refractivity contribution in [2.45, 2.75) is 13.3 Å². The largest absolute Gasteiger partial charge is 0.370 e. The summed E-state index contributed by atoms with van der Waals surface area (Å²) in [5.41, 5.74) is 0. The molecule has 90 valence electrons. The van der Waals surface area contributed by atoms with Crippen LogP contribution in [0.4, 0.5) is 5.82 Å². The number of hydrogen-bond acceptors (Lipinski definition) is 4. The third-order valence-electron chi connectivity index (χ3n) is 2.08. The van der Waals surface area contributed by atoms with Gasteiger partial charge in [0.25, 0.3) is 0 Å². The molecule has 0 spiro atoms. The summed E-state index contributed by atoms with van der Waals surface area (Å²) >= 11 is 8.56. The molecule has 2 rings (SSSR count). The van der Waals surface area contributed by atoms with E-state index in [2.05, 4.69) is 54.1 Å². The Morgan fingerprint density at radius 1 is 1.41 bits per heavy atom. The Morgan fingerprint density at radius 2 is 2.24 bits per heavy atom. The van der Waals surface area contributed by atoms with Crippen LogP contribution in [0.2, 0.25) is 0 Å². The maximum absolute atomic E-state index is 4.48. The van der Waals surface area contributed by atoms with Crippen LogP contribution in [0.25, 0.3) is 10.7 Å². The van der Waals surface area contributed by atoms with Gasteiger partial charge in [0.1, 0.15) is 5.82 Å². The lowest BCUT2D eigenvalue weighted by molar-refractivity contribution is 0.966. The Hall–Kier alpha value is -0.460. The first-order chi connectivity index (χ1) is 8.20. The summed E-state index contributed by atoms with van der Waals surface area (Å²) in [5.74, 6) is 1.62. The lowest BCUT2D eigenvalue weighted by atomic mass is 10.4. The van der Waals surface area contributed by atoms with Gasteiger partial charge in [-0.05, 0) is 50.4 Å². The number of anilines is 1. The molecule has 2 heterocycles. The van der Waals surface area contributed by atoms with E-state index in [-0.39, 0.29) is 0 Å². The molecule has 0 aliphatic rings. The van der Waals surface area contributed by atoms with E-state index in [1.807, 2.05) is 12.1 Å². The zero-order valence-corrected chi connectivity index (χ0v) is 13.2. The highest BCUT2D eigenvalue weighted by atomic mass is 79.9. The van der Waals surface area contributed by atoms with Crippen LogP contribution in [0.1, 0.15) is 13.3 Å². The number of hydrogen-bond donors (Lipinski definition) is 1. The molecule has 0 fully saturated rings. The van der Waals surface area contributed by atoms with E-state index in [1.165, 1.54) is 0 Å². The molecule has 0 aromatic carbocycles. The summed E-state index contributed by atoms with van der Waals surface area (Å²) in [6.45, 7) is 3.05.